The number of nitrogens with zero attached hydrogens (tertiary/aromatic N) is 2. The number of rotatable bonds is 1. The lowest BCUT2D eigenvalue weighted by Crippen LogP contribution is -1.84. The maximum absolute atomic E-state index is 11.7. The van der Waals surface area contributed by atoms with Crippen LogP contribution in [0.25, 0.3) is 0 Å². The molecule has 1 heterocycles. The average Bonchev–Trinajstić information content (AvgIpc) is 1.90. The third kappa shape index (κ3) is 1.61. The molecule has 4 heteroatoms. The summed E-state index contributed by atoms with van der Waals surface area (Å²) in [7, 11) is 0. The predicted molar refractivity (Wildman–Crippen MR) is 31.9 cm³/mol. The molecule has 0 atom stereocenters. The van der Waals surface area contributed by atoms with Crippen LogP contribution in [0, 0.1) is 0 Å². The van der Waals surface area contributed by atoms with Crippen LogP contribution in [0.3, 0.4) is 0 Å². The first-order valence-electron chi connectivity index (χ1n) is 2.35. The SMILES string of the molecule is FCc1cnc(Cl)nc1. The van der Waals surface area contributed by atoms with Crippen LogP contribution in [0.5, 0.6) is 0 Å². The Kier molecular flexibility index (Phi) is 1.95. The highest BCUT2D eigenvalue weighted by Crippen LogP contribution is 2.00. The molecule has 1 rings (SSSR count). The zero-order valence-corrected chi connectivity index (χ0v) is 5.27. The van der Waals surface area contributed by atoms with Crippen molar-refractivity contribution >= 4 is 11.6 Å². The lowest BCUT2D eigenvalue weighted by Gasteiger charge is -1.89. The van der Waals surface area contributed by atoms with Crippen LogP contribution in [-0.2, 0) is 6.67 Å². The molecule has 0 saturated heterocycles. The first-order valence-corrected chi connectivity index (χ1v) is 2.73. The van der Waals surface area contributed by atoms with Gasteiger partial charge in [-0.3, -0.25) is 0 Å². The summed E-state index contributed by atoms with van der Waals surface area (Å²) in [6, 6.07) is 0. The van der Waals surface area contributed by atoms with Gasteiger partial charge in [-0.2, -0.15) is 0 Å². The van der Waals surface area contributed by atoms with Gasteiger partial charge in [0.1, 0.15) is 6.67 Å². The molecule has 48 valence electrons. The molecule has 0 bridgehead atoms. The van der Waals surface area contributed by atoms with Crippen molar-refractivity contribution in [2.75, 3.05) is 0 Å². The van der Waals surface area contributed by atoms with Gasteiger partial charge >= 0.3 is 0 Å². The van der Waals surface area contributed by atoms with E-state index in [0.717, 1.165) is 0 Å². The molecule has 1 aromatic heterocycles. The molecule has 0 aliphatic carbocycles. The van der Waals surface area contributed by atoms with Gasteiger partial charge in [0, 0.05) is 18.0 Å². The molecule has 0 fully saturated rings. The van der Waals surface area contributed by atoms with Crippen LogP contribution in [-0.4, -0.2) is 9.97 Å². The Bertz CT molecular complexity index is 187. The molecule has 0 aliphatic rings. The van der Waals surface area contributed by atoms with Gasteiger partial charge in [0.15, 0.2) is 0 Å². The van der Waals surface area contributed by atoms with Gasteiger partial charge in [0.25, 0.3) is 0 Å². The Balaban J connectivity index is 2.88. The highest BCUT2D eigenvalue weighted by Gasteiger charge is 1.91. The monoisotopic (exact) mass is 146 g/mol. The third-order valence-electron chi connectivity index (χ3n) is 0.828. The van der Waals surface area contributed by atoms with Crippen LogP contribution in [0.1, 0.15) is 5.56 Å². The molecule has 0 saturated carbocycles. The maximum Gasteiger partial charge on any atom is 0.222 e. The molecule has 2 nitrogen and oxygen atoms in total. The molecule has 0 amide bonds. The first kappa shape index (κ1) is 6.42. The van der Waals surface area contributed by atoms with Crippen molar-refractivity contribution in [3.8, 4) is 0 Å². The van der Waals surface area contributed by atoms with E-state index in [1.54, 1.807) is 0 Å². The molecule has 0 aliphatic heterocycles. The van der Waals surface area contributed by atoms with Crippen molar-refractivity contribution in [1.29, 1.82) is 0 Å². The van der Waals surface area contributed by atoms with Crippen molar-refractivity contribution in [1.82, 2.24) is 9.97 Å². The van der Waals surface area contributed by atoms with E-state index in [2.05, 4.69) is 9.97 Å². The van der Waals surface area contributed by atoms with Gasteiger partial charge in [0.2, 0.25) is 5.28 Å². The molecule has 0 unspecified atom stereocenters. The lowest BCUT2D eigenvalue weighted by molar-refractivity contribution is 0.483. The van der Waals surface area contributed by atoms with Gasteiger partial charge in [-0.25, -0.2) is 14.4 Å². The van der Waals surface area contributed by atoms with Crippen molar-refractivity contribution in [3.05, 3.63) is 23.2 Å². The van der Waals surface area contributed by atoms with Crippen LogP contribution in [0.4, 0.5) is 4.39 Å². The summed E-state index contributed by atoms with van der Waals surface area (Å²) in [4.78, 5) is 7.13. The standard InChI is InChI=1S/C5H4ClFN2/c6-5-8-2-4(1-7)3-9-5/h2-3H,1H2. The smallest absolute Gasteiger partial charge is 0.222 e. The van der Waals surface area contributed by atoms with Crippen molar-refractivity contribution < 1.29 is 4.39 Å². The fraction of sp³-hybridized carbons (Fsp3) is 0.200. The quantitative estimate of drug-likeness (QED) is 0.563. The summed E-state index contributed by atoms with van der Waals surface area (Å²) in [5, 5.41) is 0.146. The number of hydrogen-bond acceptors (Lipinski definition) is 2. The molecule has 0 spiro atoms. The minimum absolute atomic E-state index is 0.146. The summed E-state index contributed by atoms with van der Waals surface area (Å²) < 4.78 is 11.7. The minimum atomic E-state index is -0.544. The molecular formula is C5H4ClFN2. The molecule has 0 radical (unpaired) electrons. The number of aromatic nitrogens is 2. The maximum atomic E-state index is 11.7. The van der Waals surface area contributed by atoms with E-state index in [-0.39, 0.29) is 5.28 Å². The van der Waals surface area contributed by atoms with Gasteiger partial charge in [-0.15, -0.1) is 0 Å². The highest BCUT2D eigenvalue weighted by atomic mass is 35.5. The van der Waals surface area contributed by atoms with Gasteiger partial charge < -0.3 is 0 Å². The molecule has 0 N–H and O–H groups in total. The third-order valence-corrected chi connectivity index (χ3v) is 1.02. The number of hydrogen-bond donors (Lipinski definition) is 0. The molecule has 0 aromatic carbocycles. The number of alkyl halides is 1. The predicted octanol–water partition coefficient (Wildman–Crippen LogP) is 1.60. The highest BCUT2D eigenvalue weighted by molar-refractivity contribution is 6.28. The topological polar surface area (TPSA) is 25.8 Å². The largest absolute Gasteiger partial charge is 0.246 e. The lowest BCUT2D eigenvalue weighted by atomic mass is 10.4. The van der Waals surface area contributed by atoms with E-state index in [1.807, 2.05) is 0 Å². The Morgan fingerprint density at radius 3 is 2.44 bits per heavy atom. The van der Waals surface area contributed by atoms with Crippen molar-refractivity contribution in [2.24, 2.45) is 0 Å². The molecule has 1 aromatic rings. The van der Waals surface area contributed by atoms with E-state index < -0.39 is 6.67 Å². The van der Waals surface area contributed by atoms with E-state index in [9.17, 15) is 4.39 Å². The van der Waals surface area contributed by atoms with E-state index in [1.165, 1.54) is 12.4 Å². The minimum Gasteiger partial charge on any atom is -0.246 e. The van der Waals surface area contributed by atoms with Crippen LogP contribution in [0.2, 0.25) is 5.28 Å². The second-order valence-corrected chi connectivity index (χ2v) is 1.83. The summed E-state index contributed by atoms with van der Waals surface area (Å²) >= 11 is 5.32. The van der Waals surface area contributed by atoms with E-state index in [4.69, 9.17) is 11.6 Å². The average molecular weight is 147 g/mol. The van der Waals surface area contributed by atoms with Crippen molar-refractivity contribution in [3.63, 3.8) is 0 Å². The Hall–Kier alpha value is -0.700. The van der Waals surface area contributed by atoms with Gasteiger partial charge in [0.05, 0.1) is 0 Å². The van der Waals surface area contributed by atoms with Crippen LogP contribution < -0.4 is 0 Å². The fourth-order valence-electron chi connectivity index (χ4n) is 0.408. The van der Waals surface area contributed by atoms with E-state index >= 15 is 0 Å². The van der Waals surface area contributed by atoms with Gasteiger partial charge in [-0.1, -0.05) is 0 Å². The Labute approximate surface area is 56.7 Å². The summed E-state index contributed by atoms with van der Waals surface area (Å²) in [6.45, 7) is -0.544. The zero-order valence-electron chi connectivity index (χ0n) is 4.51. The molecular weight excluding hydrogens is 143 g/mol. The fourth-order valence-corrected chi connectivity index (χ4v) is 0.506. The Morgan fingerprint density at radius 2 is 2.00 bits per heavy atom. The summed E-state index contributed by atoms with van der Waals surface area (Å²) in [6.07, 6.45) is 2.71. The normalized spacial score (nSPS) is 9.56. The van der Waals surface area contributed by atoms with Crippen molar-refractivity contribution in [2.45, 2.75) is 6.67 Å². The summed E-state index contributed by atoms with van der Waals surface area (Å²) in [5.74, 6) is 0. The van der Waals surface area contributed by atoms with Crippen LogP contribution in [0.15, 0.2) is 12.4 Å². The summed E-state index contributed by atoms with van der Waals surface area (Å²) in [5.41, 5.74) is 0.444. The van der Waals surface area contributed by atoms with E-state index in [0.29, 0.717) is 5.56 Å². The van der Waals surface area contributed by atoms with Gasteiger partial charge in [-0.05, 0) is 11.6 Å². The first-order chi connectivity index (χ1) is 4.33. The zero-order chi connectivity index (χ0) is 6.69. The molecule has 9 heavy (non-hydrogen) atoms. The Morgan fingerprint density at radius 1 is 1.44 bits per heavy atom. The number of halogens is 2. The van der Waals surface area contributed by atoms with Crippen LogP contribution >= 0.6 is 11.6 Å². The second kappa shape index (κ2) is 2.73. The second-order valence-electron chi connectivity index (χ2n) is 1.49.